The molecule has 6 nitrogen and oxygen atoms in total. The molecule has 7 heteroatoms. The highest BCUT2D eigenvalue weighted by atomic mass is 32.3. The van der Waals surface area contributed by atoms with Gasteiger partial charge in [-0.2, -0.15) is 0 Å². The second-order valence-electron chi connectivity index (χ2n) is 10.4. The lowest BCUT2D eigenvalue weighted by molar-refractivity contribution is -0.874. The lowest BCUT2D eigenvalue weighted by Crippen LogP contribution is -2.39. The van der Waals surface area contributed by atoms with Gasteiger partial charge in [-0.15, -0.1) is 0 Å². The van der Waals surface area contributed by atoms with Crippen molar-refractivity contribution in [2.45, 2.75) is 64.2 Å². The van der Waals surface area contributed by atoms with Gasteiger partial charge in [0.2, 0.25) is 0 Å². The van der Waals surface area contributed by atoms with Crippen LogP contribution in [0.5, 0.6) is 0 Å². The van der Waals surface area contributed by atoms with Gasteiger partial charge in [-0.3, -0.25) is 8.42 Å². The van der Waals surface area contributed by atoms with Gasteiger partial charge >= 0.3 is 0 Å². The zero-order valence-corrected chi connectivity index (χ0v) is 19.4. The lowest BCUT2D eigenvalue weighted by atomic mass is 9.89. The molecule has 0 bridgehead atoms. The van der Waals surface area contributed by atoms with Gasteiger partial charge in [-0.05, 0) is 25.7 Å². The molecule has 0 amide bonds. The van der Waals surface area contributed by atoms with E-state index in [1.54, 1.807) is 0 Å². The summed E-state index contributed by atoms with van der Waals surface area (Å²) >= 11 is 0. The molecule has 2 aliphatic carbocycles. The summed E-state index contributed by atoms with van der Waals surface area (Å²) in [6, 6.07) is 0. The second kappa shape index (κ2) is 12.4. The number of quaternary nitrogens is 2. The first-order valence-electron chi connectivity index (χ1n) is 10.4. The summed E-state index contributed by atoms with van der Waals surface area (Å²) < 4.78 is 36.4. The van der Waals surface area contributed by atoms with Crippen LogP contribution in [0.1, 0.15) is 64.2 Å². The molecule has 2 rings (SSSR count). The van der Waals surface area contributed by atoms with Crippen LogP contribution in [0.15, 0.2) is 0 Å². The molecule has 27 heavy (non-hydrogen) atoms. The molecule has 0 radical (unpaired) electrons. The normalized spacial score (nSPS) is 20.1. The van der Waals surface area contributed by atoms with Gasteiger partial charge in [-0.1, -0.05) is 38.5 Å². The molecule has 2 aliphatic rings. The molecule has 0 spiro atoms. The summed E-state index contributed by atoms with van der Waals surface area (Å²) in [7, 11) is 8.63. The van der Waals surface area contributed by atoms with Gasteiger partial charge < -0.3 is 18.1 Å². The molecule has 0 aliphatic heterocycles. The van der Waals surface area contributed by atoms with Crippen molar-refractivity contribution in [2.75, 3.05) is 55.4 Å². The van der Waals surface area contributed by atoms with Crippen LogP contribution in [0.3, 0.4) is 0 Å². The second-order valence-corrected chi connectivity index (χ2v) is 11.2. The molecule has 0 heterocycles. The Labute approximate surface area is 168 Å². The van der Waals surface area contributed by atoms with Crippen LogP contribution >= 0.6 is 0 Å². The molecule has 2 fully saturated rings. The number of hydrogen-bond donors (Lipinski definition) is 0. The minimum absolute atomic E-state index is 1.02. The highest BCUT2D eigenvalue weighted by Gasteiger charge is 2.20. The maximum Gasteiger partial charge on any atom is 0.0809 e. The highest BCUT2D eigenvalue weighted by molar-refractivity contribution is 7.79. The van der Waals surface area contributed by atoms with Crippen LogP contribution in [0, 0.1) is 11.8 Å². The highest BCUT2D eigenvalue weighted by Crippen LogP contribution is 2.25. The Kier molecular flexibility index (Phi) is 12.3. The van der Waals surface area contributed by atoms with Crippen LogP contribution < -0.4 is 0 Å². The van der Waals surface area contributed by atoms with E-state index >= 15 is 0 Å². The Morgan fingerprint density at radius 1 is 0.630 bits per heavy atom. The molecule has 0 saturated heterocycles. The van der Waals surface area contributed by atoms with E-state index in [1.807, 2.05) is 0 Å². The lowest BCUT2D eigenvalue weighted by Gasteiger charge is -2.31. The third-order valence-electron chi connectivity index (χ3n) is 5.06. The van der Waals surface area contributed by atoms with E-state index in [1.165, 1.54) is 77.3 Å². The van der Waals surface area contributed by atoms with E-state index in [0.29, 0.717) is 0 Å². The molecule has 0 aromatic heterocycles. The van der Waals surface area contributed by atoms with Crippen LogP contribution in [-0.2, 0) is 10.4 Å². The van der Waals surface area contributed by atoms with E-state index < -0.39 is 10.4 Å². The molecule has 0 aromatic rings. The van der Waals surface area contributed by atoms with E-state index in [4.69, 9.17) is 17.5 Å². The average molecular weight is 409 g/mol. The maximum atomic E-state index is 8.52. The summed E-state index contributed by atoms with van der Waals surface area (Å²) in [5.74, 6) is 2.03. The van der Waals surface area contributed by atoms with Gasteiger partial charge in [0.15, 0.2) is 0 Å². The SMILES string of the molecule is C[N+](C)(C)CC1CCCCC1.C[N+](C)(C)CC1CCCCC1.O=S(=O)([O-])[O-]. The third-order valence-corrected chi connectivity index (χ3v) is 5.06. The van der Waals surface area contributed by atoms with Crippen LogP contribution in [0.25, 0.3) is 0 Å². The Balaban J connectivity index is 0.000000405. The summed E-state index contributed by atoms with van der Waals surface area (Å²) in [4.78, 5) is 0. The van der Waals surface area contributed by atoms with E-state index in [-0.39, 0.29) is 0 Å². The predicted octanol–water partition coefficient (Wildman–Crippen LogP) is 3.21. The molecule has 0 atom stereocenters. The molecule has 164 valence electrons. The molecule has 0 unspecified atom stereocenters. The molecular weight excluding hydrogens is 364 g/mol. The van der Waals surface area contributed by atoms with Gasteiger partial charge in [0.05, 0.1) is 55.4 Å². The summed E-state index contributed by atoms with van der Waals surface area (Å²) in [6.45, 7) is 2.75. The molecular formula is C20H44N2O4S. The van der Waals surface area contributed by atoms with Gasteiger partial charge in [-0.25, -0.2) is 0 Å². The minimum Gasteiger partial charge on any atom is -0.759 e. The number of hydrogen-bond acceptors (Lipinski definition) is 4. The van der Waals surface area contributed by atoms with Crippen molar-refractivity contribution in [3.63, 3.8) is 0 Å². The fraction of sp³-hybridized carbons (Fsp3) is 1.00. The first-order valence-corrected chi connectivity index (χ1v) is 11.8. The van der Waals surface area contributed by atoms with Gasteiger partial charge in [0.1, 0.15) is 0 Å². The van der Waals surface area contributed by atoms with Crippen molar-refractivity contribution in [2.24, 2.45) is 11.8 Å². The summed E-state index contributed by atoms with van der Waals surface area (Å²) in [5.41, 5.74) is 0. The monoisotopic (exact) mass is 408 g/mol. The number of rotatable bonds is 4. The summed E-state index contributed by atoms with van der Waals surface area (Å²) in [5, 5.41) is 0. The maximum absolute atomic E-state index is 8.52. The van der Waals surface area contributed by atoms with Gasteiger partial charge in [0, 0.05) is 22.2 Å². The zero-order chi connectivity index (χ0) is 21.1. The Hall–Kier alpha value is -0.210. The first kappa shape index (κ1) is 26.8. The quantitative estimate of drug-likeness (QED) is 0.406. The van der Waals surface area contributed by atoms with Crippen LogP contribution in [-0.4, -0.2) is 81.9 Å². The van der Waals surface area contributed by atoms with Crippen molar-refractivity contribution in [1.82, 2.24) is 0 Å². The van der Waals surface area contributed by atoms with Crippen molar-refractivity contribution in [3.8, 4) is 0 Å². The van der Waals surface area contributed by atoms with Crippen molar-refractivity contribution < 1.29 is 26.5 Å². The Morgan fingerprint density at radius 3 is 1.04 bits per heavy atom. The minimum atomic E-state index is -5.17. The largest absolute Gasteiger partial charge is 0.759 e. The predicted molar refractivity (Wildman–Crippen MR) is 109 cm³/mol. The van der Waals surface area contributed by atoms with Crippen molar-refractivity contribution in [1.29, 1.82) is 0 Å². The molecule has 0 N–H and O–H groups in total. The third kappa shape index (κ3) is 21.9. The van der Waals surface area contributed by atoms with E-state index in [0.717, 1.165) is 20.8 Å². The fourth-order valence-corrected chi connectivity index (χ4v) is 4.29. The van der Waals surface area contributed by atoms with Crippen LogP contribution in [0.4, 0.5) is 0 Å². The smallest absolute Gasteiger partial charge is 0.0809 e. The van der Waals surface area contributed by atoms with Gasteiger partial charge in [0.25, 0.3) is 0 Å². The molecule has 0 aromatic carbocycles. The van der Waals surface area contributed by atoms with Crippen molar-refractivity contribution in [3.05, 3.63) is 0 Å². The van der Waals surface area contributed by atoms with E-state index in [9.17, 15) is 0 Å². The average Bonchev–Trinajstić information content (AvgIpc) is 2.44. The topological polar surface area (TPSA) is 80.3 Å². The van der Waals surface area contributed by atoms with E-state index in [2.05, 4.69) is 42.3 Å². The van der Waals surface area contributed by atoms with Crippen LogP contribution in [0.2, 0.25) is 0 Å². The first-order chi connectivity index (χ1) is 12.2. The zero-order valence-electron chi connectivity index (χ0n) is 18.6. The number of nitrogens with zero attached hydrogens (tertiary/aromatic N) is 2. The Morgan fingerprint density at radius 2 is 0.852 bits per heavy atom. The Bertz CT molecular complexity index is 431. The summed E-state index contributed by atoms with van der Waals surface area (Å²) in [6.07, 6.45) is 14.8. The fourth-order valence-electron chi connectivity index (χ4n) is 4.29. The standard InChI is InChI=1S/2C10H22N.H2O4S/c2*1-11(2,3)9-10-7-5-4-6-8-10;1-5(2,3)4/h2*10H,4-9H2,1-3H3;(H2,1,2,3,4)/q2*+1;/p-2. The van der Waals surface area contributed by atoms with Crippen molar-refractivity contribution >= 4 is 10.4 Å². The molecule has 2 saturated carbocycles.